The van der Waals surface area contributed by atoms with Crippen molar-refractivity contribution in [3.05, 3.63) is 10.7 Å². The highest BCUT2D eigenvalue weighted by molar-refractivity contribution is 9.10. The van der Waals surface area contributed by atoms with Crippen molar-refractivity contribution in [2.75, 3.05) is 36.2 Å². The minimum absolute atomic E-state index is 0.484. The Kier molecular flexibility index (Phi) is 4.47. The number of nitrogens with two attached hydrogens (primary N) is 1. The lowest BCUT2D eigenvalue weighted by Gasteiger charge is -2.16. The second kappa shape index (κ2) is 5.41. The fraction of sp³-hybridized carbons (Fsp3) is 0.500. The van der Waals surface area contributed by atoms with E-state index in [4.69, 9.17) is 5.73 Å². The summed E-state index contributed by atoms with van der Waals surface area (Å²) in [6.45, 7) is 0.914. The molecular weight excluding hydrogens is 264 g/mol. The summed E-state index contributed by atoms with van der Waals surface area (Å²) < 4.78 is 0.719. The van der Waals surface area contributed by atoms with Gasteiger partial charge in [-0.1, -0.05) is 0 Å². The molecule has 0 aliphatic rings. The third kappa shape index (κ3) is 3.34. The molecule has 0 unspecified atom stereocenters. The highest BCUT2D eigenvalue weighted by Gasteiger charge is 2.05. The van der Waals surface area contributed by atoms with Gasteiger partial charge in [-0.2, -0.15) is 16.7 Å². The van der Waals surface area contributed by atoms with Crippen molar-refractivity contribution >= 4 is 39.5 Å². The monoisotopic (exact) mass is 276 g/mol. The van der Waals surface area contributed by atoms with E-state index in [0.717, 1.165) is 16.9 Å². The Bertz CT molecular complexity index is 287. The van der Waals surface area contributed by atoms with Gasteiger partial charge < -0.3 is 10.6 Å². The first-order valence-corrected chi connectivity index (χ1v) is 6.32. The smallest absolute Gasteiger partial charge is 0.228 e. The normalized spacial score (nSPS) is 10.2. The first-order chi connectivity index (χ1) is 6.63. The van der Waals surface area contributed by atoms with E-state index in [2.05, 4.69) is 32.2 Å². The van der Waals surface area contributed by atoms with E-state index in [1.54, 1.807) is 17.8 Å². The van der Waals surface area contributed by atoms with Crippen molar-refractivity contribution in [2.24, 2.45) is 0 Å². The molecule has 0 aromatic carbocycles. The lowest BCUT2D eigenvalue weighted by molar-refractivity contribution is 0.905. The molecule has 0 radical (unpaired) electrons. The molecule has 1 rings (SSSR count). The summed E-state index contributed by atoms with van der Waals surface area (Å²) >= 11 is 5.08. The summed E-state index contributed by atoms with van der Waals surface area (Å²) in [6.07, 6.45) is 2.07. The predicted octanol–water partition coefficient (Wildman–Crippen LogP) is 1.62. The first kappa shape index (κ1) is 11.6. The average Bonchev–Trinajstić information content (AvgIpc) is 2.12. The molecule has 0 amide bonds. The molecule has 1 aromatic heterocycles. The van der Waals surface area contributed by atoms with Gasteiger partial charge in [0.1, 0.15) is 10.4 Å². The van der Waals surface area contributed by atoms with Crippen molar-refractivity contribution < 1.29 is 0 Å². The van der Waals surface area contributed by atoms with Crippen LogP contribution >= 0.6 is 27.7 Å². The molecule has 0 saturated heterocycles. The van der Waals surface area contributed by atoms with Gasteiger partial charge in [-0.05, 0) is 22.2 Å². The zero-order valence-corrected chi connectivity index (χ0v) is 10.6. The Hall–Kier alpha value is -0.490. The molecule has 0 bridgehead atoms. The maximum absolute atomic E-state index is 5.61. The molecule has 4 nitrogen and oxygen atoms in total. The number of nitrogens with zero attached hydrogens (tertiary/aromatic N) is 3. The van der Waals surface area contributed by atoms with Crippen LogP contribution in [0.2, 0.25) is 0 Å². The SMILES string of the molecule is CSCCN(C)c1nc(N)cc(Br)n1. The number of hydrogen-bond donors (Lipinski definition) is 1. The lowest BCUT2D eigenvalue weighted by atomic mass is 10.5. The summed E-state index contributed by atoms with van der Waals surface area (Å²) in [4.78, 5) is 10.4. The van der Waals surface area contributed by atoms with Crippen LogP contribution in [0.1, 0.15) is 0 Å². The molecule has 0 atom stereocenters. The van der Waals surface area contributed by atoms with Gasteiger partial charge in [0.25, 0.3) is 0 Å². The third-order valence-corrected chi connectivity index (χ3v) is 2.67. The summed E-state index contributed by atoms with van der Waals surface area (Å²) in [7, 11) is 1.96. The van der Waals surface area contributed by atoms with Gasteiger partial charge in [0.2, 0.25) is 5.95 Å². The number of nitrogen functional groups attached to an aromatic ring is 1. The van der Waals surface area contributed by atoms with E-state index in [0.29, 0.717) is 11.8 Å². The average molecular weight is 277 g/mol. The van der Waals surface area contributed by atoms with E-state index in [9.17, 15) is 0 Å². The molecule has 0 aliphatic carbocycles. The van der Waals surface area contributed by atoms with E-state index in [-0.39, 0.29) is 0 Å². The fourth-order valence-corrected chi connectivity index (χ4v) is 1.77. The van der Waals surface area contributed by atoms with Crippen molar-refractivity contribution in [2.45, 2.75) is 0 Å². The van der Waals surface area contributed by atoms with Crippen LogP contribution in [-0.2, 0) is 0 Å². The van der Waals surface area contributed by atoms with Crippen LogP contribution in [0.4, 0.5) is 11.8 Å². The second-order valence-electron chi connectivity index (χ2n) is 2.83. The predicted molar refractivity (Wildman–Crippen MR) is 65.8 cm³/mol. The molecule has 0 spiro atoms. The highest BCUT2D eigenvalue weighted by Crippen LogP contribution is 2.14. The van der Waals surface area contributed by atoms with E-state index >= 15 is 0 Å². The van der Waals surface area contributed by atoms with E-state index < -0.39 is 0 Å². The van der Waals surface area contributed by atoms with Gasteiger partial charge >= 0.3 is 0 Å². The van der Waals surface area contributed by atoms with Crippen molar-refractivity contribution in [1.29, 1.82) is 0 Å². The van der Waals surface area contributed by atoms with Gasteiger partial charge in [0.15, 0.2) is 0 Å². The Balaban J connectivity index is 2.73. The van der Waals surface area contributed by atoms with Crippen LogP contribution in [-0.4, -0.2) is 35.6 Å². The Morgan fingerprint density at radius 3 is 2.86 bits per heavy atom. The van der Waals surface area contributed by atoms with E-state index in [1.807, 2.05) is 11.9 Å². The van der Waals surface area contributed by atoms with Crippen LogP contribution in [0.25, 0.3) is 0 Å². The van der Waals surface area contributed by atoms with Gasteiger partial charge in [-0.3, -0.25) is 0 Å². The van der Waals surface area contributed by atoms with Crippen molar-refractivity contribution in [3.8, 4) is 0 Å². The molecule has 6 heteroatoms. The number of rotatable bonds is 4. The summed E-state index contributed by atoms with van der Waals surface area (Å²) in [5.74, 6) is 2.19. The Labute approximate surface area is 96.4 Å². The third-order valence-electron chi connectivity index (χ3n) is 1.68. The second-order valence-corrected chi connectivity index (χ2v) is 4.63. The summed E-state index contributed by atoms with van der Waals surface area (Å²) in [5.41, 5.74) is 5.61. The zero-order valence-electron chi connectivity index (χ0n) is 8.20. The summed E-state index contributed by atoms with van der Waals surface area (Å²) in [6, 6.07) is 1.69. The van der Waals surface area contributed by atoms with Gasteiger partial charge in [0.05, 0.1) is 0 Å². The molecule has 1 aromatic rings. The van der Waals surface area contributed by atoms with Crippen LogP contribution in [0.5, 0.6) is 0 Å². The highest BCUT2D eigenvalue weighted by atomic mass is 79.9. The summed E-state index contributed by atoms with van der Waals surface area (Å²) in [5, 5.41) is 0. The Morgan fingerprint density at radius 2 is 2.29 bits per heavy atom. The minimum atomic E-state index is 0.484. The number of aromatic nitrogens is 2. The van der Waals surface area contributed by atoms with Crippen LogP contribution < -0.4 is 10.6 Å². The lowest BCUT2D eigenvalue weighted by Crippen LogP contribution is -2.22. The molecule has 0 aliphatic heterocycles. The van der Waals surface area contributed by atoms with Crippen LogP contribution in [0, 0.1) is 0 Å². The van der Waals surface area contributed by atoms with Crippen molar-refractivity contribution in [3.63, 3.8) is 0 Å². The van der Waals surface area contributed by atoms with Crippen molar-refractivity contribution in [1.82, 2.24) is 9.97 Å². The van der Waals surface area contributed by atoms with Crippen LogP contribution in [0.3, 0.4) is 0 Å². The quantitative estimate of drug-likeness (QED) is 0.848. The largest absolute Gasteiger partial charge is 0.383 e. The molecule has 14 heavy (non-hydrogen) atoms. The maximum atomic E-state index is 5.61. The topological polar surface area (TPSA) is 55.0 Å². The fourth-order valence-electron chi connectivity index (χ4n) is 0.922. The molecule has 1 heterocycles. The number of thioether (sulfide) groups is 1. The molecule has 0 saturated carbocycles. The molecular formula is C8H13BrN4S. The van der Waals surface area contributed by atoms with Crippen LogP contribution in [0.15, 0.2) is 10.7 Å². The Morgan fingerprint density at radius 1 is 1.57 bits per heavy atom. The number of anilines is 2. The number of halogens is 1. The molecule has 78 valence electrons. The zero-order chi connectivity index (χ0) is 10.6. The minimum Gasteiger partial charge on any atom is -0.383 e. The van der Waals surface area contributed by atoms with Gasteiger partial charge in [-0.25, -0.2) is 4.98 Å². The standard InChI is InChI=1S/C8H13BrN4S/c1-13(3-4-14-2)8-11-6(9)5-7(10)12-8/h5H,3-4H2,1-2H3,(H2,10,11,12). The van der Waals surface area contributed by atoms with Gasteiger partial charge in [-0.15, -0.1) is 0 Å². The van der Waals surface area contributed by atoms with Gasteiger partial charge in [0, 0.05) is 25.4 Å². The van der Waals surface area contributed by atoms with E-state index in [1.165, 1.54) is 0 Å². The molecule has 0 fully saturated rings. The number of hydrogen-bond acceptors (Lipinski definition) is 5. The maximum Gasteiger partial charge on any atom is 0.228 e. The molecule has 2 N–H and O–H groups in total. The first-order valence-electron chi connectivity index (χ1n) is 4.13.